The molecule has 2 N–H and O–H groups in total. The van der Waals surface area contributed by atoms with Gasteiger partial charge in [0.2, 0.25) is 0 Å². The molecule has 1 aromatic rings. The maximum atomic E-state index is 12.6. The van der Waals surface area contributed by atoms with Gasteiger partial charge in [-0.2, -0.15) is 10.2 Å². The number of carbonyl (C=O) groups excluding carboxylic acids is 1. The van der Waals surface area contributed by atoms with Gasteiger partial charge in [-0.05, 0) is 38.2 Å². The highest BCUT2D eigenvalue weighted by Crippen LogP contribution is 2.35. The number of hydrogen-bond acceptors (Lipinski definition) is 4. The summed E-state index contributed by atoms with van der Waals surface area (Å²) in [5, 5.41) is 8.14. The van der Waals surface area contributed by atoms with Gasteiger partial charge in [0, 0.05) is 19.6 Å². The molecule has 1 amide bonds. The van der Waals surface area contributed by atoms with Crippen LogP contribution in [0.4, 0.5) is 0 Å². The molecule has 1 aliphatic rings. The molecule has 0 bridgehead atoms. The van der Waals surface area contributed by atoms with E-state index in [2.05, 4.69) is 10.2 Å². The zero-order valence-corrected chi connectivity index (χ0v) is 11.9. The highest BCUT2D eigenvalue weighted by Gasteiger charge is 2.35. The number of aryl methyl sites for hydroxylation is 2. The van der Waals surface area contributed by atoms with Crippen LogP contribution in [0.2, 0.25) is 0 Å². The molecule has 1 saturated carbocycles. The normalized spacial score (nSPS) is 16.2. The van der Waals surface area contributed by atoms with Gasteiger partial charge in [-0.1, -0.05) is 6.92 Å². The van der Waals surface area contributed by atoms with Gasteiger partial charge in [0.05, 0.1) is 17.0 Å². The minimum absolute atomic E-state index is 0.0113. The summed E-state index contributed by atoms with van der Waals surface area (Å²) < 4.78 is 0. The summed E-state index contributed by atoms with van der Waals surface area (Å²) in [6, 6.07) is 1.97. The number of hydrogen-bond donors (Lipinski definition) is 1. The lowest BCUT2D eigenvalue weighted by Gasteiger charge is -2.27. The maximum Gasteiger partial charge on any atom is 0.255 e. The molecule has 0 aliphatic heterocycles. The summed E-state index contributed by atoms with van der Waals surface area (Å²) in [5.41, 5.74) is 8.00. The van der Waals surface area contributed by atoms with Crippen molar-refractivity contribution in [2.45, 2.75) is 39.2 Å². The molecule has 0 saturated heterocycles. The van der Waals surface area contributed by atoms with Crippen molar-refractivity contribution in [3.63, 3.8) is 0 Å². The molecule has 5 heteroatoms. The molecule has 1 atom stereocenters. The van der Waals surface area contributed by atoms with Crippen LogP contribution >= 0.6 is 0 Å². The lowest BCUT2D eigenvalue weighted by molar-refractivity contribution is 0.0716. The first kappa shape index (κ1) is 13.9. The summed E-state index contributed by atoms with van der Waals surface area (Å²) >= 11 is 0. The Morgan fingerprint density at radius 2 is 2.21 bits per heavy atom. The van der Waals surface area contributed by atoms with E-state index in [4.69, 9.17) is 5.73 Å². The fraction of sp³-hybridized carbons (Fsp3) is 0.643. The third-order valence-corrected chi connectivity index (χ3v) is 3.78. The summed E-state index contributed by atoms with van der Waals surface area (Å²) in [7, 11) is 1.84. The Balaban J connectivity index is 2.24. The lowest BCUT2D eigenvalue weighted by Crippen LogP contribution is -2.43. The number of amides is 1. The van der Waals surface area contributed by atoms with E-state index >= 15 is 0 Å². The molecule has 0 aromatic carbocycles. The second kappa shape index (κ2) is 5.65. The van der Waals surface area contributed by atoms with Crippen molar-refractivity contribution in [2.75, 3.05) is 13.6 Å². The molecule has 1 aliphatic carbocycles. The molecule has 1 heterocycles. The van der Waals surface area contributed by atoms with Crippen molar-refractivity contribution in [3.05, 3.63) is 23.0 Å². The van der Waals surface area contributed by atoms with Crippen LogP contribution in [0.3, 0.4) is 0 Å². The molecule has 5 nitrogen and oxygen atoms in total. The summed E-state index contributed by atoms with van der Waals surface area (Å²) in [4.78, 5) is 14.4. The van der Waals surface area contributed by atoms with Crippen LogP contribution in [0.5, 0.6) is 0 Å². The predicted molar refractivity (Wildman–Crippen MR) is 73.8 cm³/mol. The van der Waals surface area contributed by atoms with Crippen molar-refractivity contribution in [1.82, 2.24) is 15.1 Å². The third kappa shape index (κ3) is 2.92. The largest absolute Gasteiger partial charge is 0.337 e. The Kier molecular flexibility index (Phi) is 4.14. The Labute approximate surface area is 114 Å². The van der Waals surface area contributed by atoms with Gasteiger partial charge in [0.15, 0.2) is 0 Å². The van der Waals surface area contributed by atoms with Crippen LogP contribution in [0.25, 0.3) is 0 Å². The predicted octanol–water partition coefficient (Wildman–Crippen LogP) is 1.16. The van der Waals surface area contributed by atoms with E-state index in [-0.39, 0.29) is 11.9 Å². The molecule has 1 aromatic heterocycles. The summed E-state index contributed by atoms with van der Waals surface area (Å²) in [6.45, 7) is 4.35. The van der Waals surface area contributed by atoms with Crippen molar-refractivity contribution < 1.29 is 4.79 Å². The average molecular weight is 262 g/mol. The fourth-order valence-corrected chi connectivity index (χ4v) is 2.45. The topological polar surface area (TPSA) is 72.1 Å². The molecule has 1 fully saturated rings. The molecule has 2 rings (SSSR count). The highest BCUT2D eigenvalue weighted by molar-refractivity contribution is 5.95. The second-order valence-electron chi connectivity index (χ2n) is 5.26. The number of rotatable bonds is 5. The Morgan fingerprint density at radius 1 is 1.53 bits per heavy atom. The zero-order chi connectivity index (χ0) is 14.0. The van der Waals surface area contributed by atoms with E-state index in [0.717, 1.165) is 11.4 Å². The molecule has 0 spiro atoms. The quantitative estimate of drug-likeness (QED) is 0.864. The van der Waals surface area contributed by atoms with Crippen molar-refractivity contribution >= 4 is 5.91 Å². The Morgan fingerprint density at radius 3 is 2.74 bits per heavy atom. The van der Waals surface area contributed by atoms with Gasteiger partial charge in [-0.25, -0.2) is 0 Å². The number of carbonyl (C=O) groups is 1. The molecule has 1 unspecified atom stereocenters. The first-order chi connectivity index (χ1) is 9.08. The first-order valence-electron chi connectivity index (χ1n) is 6.88. The monoisotopic (exact) mass is 262 g/mol. The zero-order valence-electron chi connectivity index (χ0n) is 11.9. The lowest BCUT2D eigenvalue weighted by atomic mass is 10.1. The SMILES string of the molecule is CCc1nnc(C)cc1C(=O)N(C)C(CN)C1CC1. The first-order valence-corrected chi connectivity index (χ1v) is 6.88. The Hall–Kier alpha value is -1.49. The van der Waals surface area contributed by atoms with Crippen LogP contribution in [0.1, 0.15) is 41.5 Å². The van der Waals surface area contributed by atoms with E-state index in [9.17, 15) is 4.79 Å². The van der Waals surface area contributed by atoms with Gasteiger partial charge in [-0.15, -0.1) is 0 Å². The van der Waals surface area contributed by atoms with Gasteiger partial charge in [-0.3, -0.25) is 4.79 Å². The second-order valence-corrected chi connectivity index (χ2v) is 5.26. The van der Waals surface area contributed by atoms with Crippen molar-refractivity contribution in [2.24, 2.45) is 11.7 Å². The van der Waals surface area contributed by atoms with Crippen molar-refractivity contribution in [3.8, 4) is 0 Å². The Bertz CT molecular complexity index is 471. The number of nitrogens with two attached hydrogens (primary N) is 1. The summed E-state index contributed by atoms with van der Waals surface area (Å²) in [5.74, 6) is 0.581. The van der Waals surface area contributed by atoms with E-state index in [1.807, 2.05) is 27.0 Å². The van der Waals surface area contributed by atoms with Gasteiger partial charge in [0.1, 0.15) is 0 Å². The highest BCUT2D eigenvalue weighted by atomic mass is 16.2. The van der Waals surface area contributed by atoms with Crippen LogP contribution in [-0.4, -0.2) is 40.6 Å². The number of aromatic nitrogens is 2. The van der Waals surface area contributed by atoms with Gasteiger partial charge in [0.25, 0.3) is 5.91 Å². The molecular formula is C14H22N4O. The minimum atomic E-state index is 0.0113. The van der Waals surface area contributed by atoms with E-state index in [1.165, 1.54) is 12.8 Å². The number of nitrogens with zero attached hydrogens (tertiary/aromatic N) is 3. The molecule has 104 valence electrons. The van der Waals surface area contributed by atoms with Gasteiger partial charge >= 0.3 is 0 Å². The van der Waals surface area contributed by atoms with Crippen molar-refractivity contribution in [1.29, 1.82) is 0 Å². The molecular weight excluding hydrogens is 240 g/mol. The van der Waals surface area contributed by atoms with Crippen LogP contribution < -0.4 is 5.73 Å². The van der Waals surface area contributed by atoms with E-state index in [1.54, 1.807) is 4.90 Å². The molecule has 19 heavy (non-hydrogen) atoms. The maximum absolute atomic E-state index is 12.6. The third-order valence-electron chi connectivity index (χ3n) is 3.78. The van der Waals surface area contributed by atoms with E-state index in [0.29, 0.717) is 24.4 Å². The van der Waals surface area contributed by atoms with Crippen LogP contribution in [-0.2, 0) is 6.42 Å². The summed E-state index contributed by atoms with van der Waals surface area (Å²) in [6.07, 6.45) is 3.06. The van der Waals surface area contributed by atoms with E-state index < -0.39 is 0 Å². The van der Waals surface area contributed by atoms with Crippen LogP contribution in [0, 0.1) is 12.8 Å². The number of likely N-dealkylation sites (N-methyl/N-ethyl adjacent to an activating group) is 1. The standard InChI is InChI=1S/C14H22N4O/c1-4-12-11(7-9(2)16-17-12)14(19)18(3)13(8-15)10-5-6-10/h7,10,13H,4-6,8,15H2,1-3H3. The fourth-order valence-electron chi connectivity index (χ4n) is 2.45. The van der Waals surface area contributed by atoms with Gasteiger partial charge < -0.3 is 10.6 Å². The average Bonchev–Trinajstić information content (AvgIpc) is 3.23. The molecule has 0 radical (unpaired) electrons. The smallest absolute Gasteiger partial charge is 0.255 e. The minimum Gasteiger partial charge on any atom is -0.337 e. The van der Waals surface area contributed by atoms with Crippen LogP contribution in [0.15, 0.2) is 6.07 Å².